The van der Waals surface area contributed by atoms with E-state index in [-0.39, 0.29) is 17.5 Å². The Bertz CT molecular complexity index is 917. The van der Waals surface area contributed by atoms with E-state index < -0.39 is 45.8 Å². The van der Waals surface area contributed by atoms with Crippen molar-refractivity contribution >= 4 is 27.7 Å². The normalized spacial score (nSPS) is 27.0. The number of hydrogen-bond acceptors (Lipinski definition) is 5. The molecule has 158 valence electrons. The molecule has 0 radical (unpaired) electrons. The van der Waals surface area contributed by atoms with Crippen LogP contribution in [0.2, 0.25) is 0 Å². The van der Waals surface area contributed by atoms with Crippen LogP contribution in [0.5, 0.6) is 0 Å². The molecule has 3 rings (SSSR count). The van der Waals surface area contributed by atoms with Crippen LogP contribution in [0.25, 0.3) is 0 Å². The van der Waals surface area contributed by atoms with E-state index in [2.05, 4.69) is 5.32 Å². The van der Waals surface area contributed by atoms with Crippen LogP contribution in [0, 0.1) is 0 Å². The predicted molar refractivity (Wildman–Crippen MR) is 108 cm³/mol. The minimum Gasteiger partial charge on any atom is -0.334 e. The third-order valence-electron chi connectivity index (χ3n) is 5.87. The van der Waals surface area contributed by atoms with Gasteiger partial charge in [0.15, 0.2) is 9.84 Å². The number of nitrogens with one attached hydrogen (secondary N) is 1. The average molecular weight is 422 g/mol. The largest absolute Gasteiger partial charge is 0.334 e. The molecule has 0 aliphatic carbocycles. The van der Waals surface area contributed by atoms with E-state index in [0.29, 0.717) is 18.4 Å². The number of benzene rings is 1. The maximum absolute atomic E-state index is 13.1. The number of urea groups is 1. The van der Waals surface area contributed by atoms with Crippen LogP contribution in [-0.2, 0) is 25.0 Å². The summed E-state index contributed by atoms with van der Waals surface area (Å²) in [6.45, 7) is 4.97. The Morgan fingerprint density at radius 3 is 2.52 bits per heavy atom. The van der Waals surface area contributed by atoms with Crippen molar-refractivity contribution in [1.82, 2.24) is 15.1 Å². The summed E-state index contributed by atoms with van der Waals surface area (Å²) >= 11 is 0. The van der Waals surface area contributed by atoms with Gasteiger partial charge in [-0.3, -0.25) is 14.5 Å². The Morgan fingerprint density at radius 1 is 1.31 bits per heavy atom. The maximum atomic E-state index is 13.1. The fourth-order valence-corrected chi connectivity index (χ4v) is 5.74. The smallest absolute Gasteiger partial charge is 0.325 e. The van der Waals surface area contributed by atoms with Crippen LogP contribution < -0.4 is 5.32 Å². The molecule has 2 aliphatic heterocycles. The number of imide groups is 1. The molecule has 8 nitrogen and oxygen atoms in total. The lowest BCUT2D eigenvalue weighted by Gasteiger charge is -2.34. The van der Waals surface area contributed by atoms with Crippen LogP contribution >= 0.6 is 0 Å². The highest BCUT2D eigenvalue weighted by molar-refractivity contribution is 7.91. The molecule has 0 aromatic heterocycles. The summed E-state index contributed by atoms with van der Waals surface area (Å²) in [5.41, 5.74) is -0.606. The zero-order valence-electron chi connectivity index (χ0n) is 16.9. The van der Waals surface area contributed by atoms with E-state index in [1.807, 2.05) is 19.9 Å². The van der Waals surface area contributed by atoms with Gasteiger partial charge in [0.05, 0.1) is 11.5 Å². The van der Waals surface area contributed by atoms with Crippen molar-refractivity contribution in [2.75, 3.05) is 18.1 Å². The highest BCUT2D eigenvalue weighted by Gasteiger charge is 2.50. The standard InChI is InChI=1S/C20H27N3O5S/c1-4-14(2)23(16-10-11-29(27,28)13-16)17(24)12-22-18(25)20(3,21-19(22)26)15-8-6-5-7-9-15/h5-9,14,16H,4,10-13H2,1-3H3,(H,21,26)/t14-,16-,20+/m0/s1. The highest BCUT2D eigenvalue weighted by Crippen LogP contribution is 2.29. The number of rotatable bonds is 6. The third-order valence-corrected chi connectivity index (χ3v) is 7.63. The Hall–Kier alpha value is -2.42. The molecule has 2 heterocycles. The molecular formula is C20H27N3O5S. The molecule has 3 atom stereocenters. The number of sulfone groups is 1. The minimum atomic E-state index is -3.17. The van der Waals surface area contributed by atoms with Crippen LogP contribution in [0.15, 0.2) is 30.3 Å². The van der Waals surface area contributed by atoms with Gasteiger partial charge in [0, 0.05) is 12.1 Å². The van der Waals surface area contributed by atoms with Crippen molar-refractivity contribution in [2.24, 2.45) is 0 Å². The summed E-state index contributed by atoms with van der Waals surface area (Å²) in [7, 11) is -3.17. The molecular weight excluding hydrogens is 394 g/mol. The van der Waals surface area contributed by atoms with Crippen molar-refractivity contribution < 1.29 is 22.8 Å². The van der Waals surface area contributed by atoms with E-state index in [0.717, 1.165) is 4.90 Å². The molecule has 9 heteroatoms. The summed E-state index contributed by atoms with van der Waals surface area (Å²) in [6, 6.07) is 7.62. The molecule has 0 bridgehead atoms. The molecule has 4 amide bonds. The molecule has 29 heavy (non-hydrogen) atoms. The van der Waals surface area contributed by atoms with Gasteiger partial charge in [-0.05, 0) is 32.3 Å². The Morgan fingerprint density at radius 2 is 1.97 bits per heavy atom. The first-order valence-electron chi connectivity index (χ1n) is 9.80. The summed E-state index contributed by atoms with van der Waals surface area (Å²) in [6.07, 6.45) is 1.02. The molecule has 2 aliphatic rings. The van der Waals surface area contributed by atoms with Gasteiger partial charge in [-0.1, -0.05) is 37.3 Å². The fourth-order valence-electron chi connectivity index (χ4n) is 4.03. The Labute approximate surface area is 171 Å². The summed E-state index contributed by atoms with van der Waals surface area (Å²) < 4.78 is 23.8. The van der Waals surface area contributed by atoms with E-state index in [1.165, 1.54) is 0 Å². The molecule has 1 N–H and O–H groups in total. The van der Waals surface area contributed by atoms with Crippen LogP contribution in [-0.4, -0.2) is 66.2 Å². The number of hydrogen-bond donors (Lipinski definition) is 1. The molecule has 1 aromatic rings. The molecule has 2 fully saturated rings. The SMILES string of the molecule is CC[C@H](C)N(C(=O)CN1C(=O)N[C@](C)(c2ccccc2)C1=O)[C@H]1CCS(=O)(=O)C1. The van der Waals surface area contributed by atoms with Gasteiger partial charge in [0.1, 0.15) is 12.1 Å². The van der Waals surface area contributed by atoms with E-state index in [9.17, 15) is 22.8 Å². The van der Waals surface area contributed by atoms with Gasteiger partial charge >= 0.3 is 6.03 Å². The van der Waals surface area contributed by atoms with Crippen molar-refractivity contribution in [3.05, 3.63) is 35.9 Å². The van der Waals surface area contributed by atoms with E-state index >= 15 is 0 Å². The van der Waals surface area contributed by atoms with Gasteiger partial charge in [0.2, 0.25) is 5.91 Å². The molecule has 2 saturated heterocycles. The Kier molecular flexibility index (Phi) is 5.71. The van der Waals surface area contributed by atoms with Gasteiger partial charge in [-0.2, -0.15) is 0 Å². The van der Waals surface area contributed by atoms with Crippen molar-refractivity contribution in [3.63, 3.8) is 0 Å². The summed E-state index contributed by atoms with van der Waals surface area (Å²) in [4.78, 5) is 41.1. The zero-order valence-corrected chi connectivity index (χ0v) is 17.7. The number of amides is 4. The first-order valence-corrected chi connectivity index (χ1v) is 11.6. The maximum Gasteiger partial charge on any atom is 0.325 e. The second kappa shape index (κ2) is 7.78. The van der Waals surface area contributed by atoms with Crippen LogP contribution in [0.3, 0.4) is 0 Å². The third kappa shape index (κ3) is 4.01. The van der Waals surface area contributed by atoms with Gasteiger partial charge in [0.25, 0.3) is 5.91 Å². The van der Waals surface area contributed by atoms with E-state index in [1.54, 1.807) is 36.1 Å². The molecule has 0 unspecified atom stereocenters. The number of nitrogens with zero attached hydrogens (tertiary/aromatic N) is 2. The minimum absolute atomic E-state index is 0.0487. The van der Waals surface area contributed by atoms with Crippen molar-refractivity contribution in [2.45, 2.75) is 51.2 Å². The Balaban J connectivity index is 1.81. The zero-order chi connectivity index (χ0) is 21.4. The second-order valence-corrected chi connectivity index (χ2v) is 10.2. The first kappa shape index (κ1) is 21.3. The topological polar surface area (TPSA) is 104 Å². The number of carbonyl (C=O) groups excluding carboxylic acids is 3. The van der Waals surface area contributed by atoms with Crippen molar-refractivity contribution in [1.29, 1.82) is 0 Å². The lowest BCUT2D eigenvalue weighted by atomic mass is 9.92. The summed E-state index contributed by atoms with van der Waals surface area (Å²) in [5, 5.41) is 2.69. The lowest BCUT2D eigenvalue weighted by Crippen LogP contribution is -2.51. The van der Waals surface area contributed by atoms with Crippen LogP contribution in [0.4, 0.5) is 4.79 Å². The molecule has 0 saturated carbocycles. The summed E-state index contributed by atoms with van der Waals surface area (Å²) in [5.74, 6) is -0.939. The number of carbonyl (C=O) groups is 3. The lowest BCUT2D eigenvalue weighted by molar-refractivity contribution is -0.141. The van der Waals surface area contributed by atoms with Gasteiger partial charge in [-0.25, -0.2) is 13.2 Å². The average Bonchev–Trinajstić information content (AvgIpc) is 3.14. The fraction of sp³-hybridized carbons (Fsp3) is 0.550. The van der Waals surface area contributed by atoms with Gasteiger partial charge < -0.3 is 10.2 Å². The second-order valence-electron chi connectivity index (χ2n) is 7.93. The first-order chi connectivity index (χ1) is 13.6. The monoisotopic (exact) mass is 421 g/mol. The van der Waals surface area contributed by atoms with Crippen molar-refractivity contribution in [3.8, 4) is 0 Å². The van der Waals surface area contributed by atoms with Gasteiger partial charge in [-0.15, -0.1) is 0 Å². The van der Waals surface area contributed by atoms with E-state index in [4.69, 9.17) is 0 Å². The van der Waals surface area contributed by atoms with Crippen LogP contribution in [0.1, 0.15) is 39.2 Å². The molecule has 1 aromatic carbocycles. The molecule has 0 spiro atoms. The highest BCUT2D eigenvalue weighted by atomic mass is 32.2. The quantitative estimate of drug-likeness (QED) is 0.697. The predicted octanol–water partition coefficient (Wildman–Crippen LogP) is 1.27.